The molecule has 0 spiro atoms. The summed E-state index contributed by atoms with van der Waals surface area (Å²) in [5, 5.41) is 4.70. The van der Waals surface area contributed by atoms with Gasteiger partial charge in [0.2, 0.25) is 0 Å². The Morgan fingerprint density at radius 3 is 3.11 bits per heavy atom. The maximum atomic E-state index is 5.37. The molecule has 0 radical (unpaired) electrons. The molecule has 1 aliphatic rings. The predicted octanol–water partition coefficient (Wildman–Crippen LogP) is 2.84. The summed E-state index contributed by atoms with van der Waals surface area (Å²) in [5.74, 6) is 3.34. The van der Waals surface area contributed by atoms with Crippen molar-refractivity contribution in [2.45, 2.75) is 19.0 Å². The molecule has 2 aromatic rings. The van der Waals surface area contributed by atoms with E-state index in [-0.39, 0.29) is 0 Å². The smallest absolute Gasteiger partial charge is 0.145 e. The summed E-state index contributed by atoms with van der Waals surface area (Å²) in [4.78, 5) is 4.71. The van der Waals surface area contributed by atoms with Crippen molar-refractivity contribution in [3.63, 3.8) is 0 Å². The first-order valence-corrected chi connectivity index (χ1v) is 7.76. The van der Waals surface area contributed by atoms with Crippen molar-refractivity contribution in [1.29, 1.82) is 0 Å². The molecule has 1 atom stereocenters. The first-order valence-electron chi connectivity index (χ1n) is 6.60. The Balaban J connectivity index is 1.80. The minimum Gasteiger partial charge on any atom is -0.494 e. The third-order valence-electron chi connectivity index (χ3n) is 3.46. The quantitative estimate of drug-likeness (QED) is 0.929. The van der Waals surface area contributed by atoms with Crippen LogP contribution in [0.15, 0.2) is 30.3 Å². The van der Waals surface area contributed by atoms with Crippen molar-refractivity contribution < 1.29 is 4.74 Å². The van der Waals surface area contributed by atoms with E-state index in [0.717, 1.165) is 28.9 Å². The van der Waals surface area contributed by atoms with Gasteiger partial charge < -0.3 is 10.1 Å². The van der Waals surface area contributed by atoms with Gasteiger partial charge in [-0.3, -0.25) is 0 Å². The van der Waals surface area contributed by atoms with Crippen molar-refractivity contribution in [3.05, 3.63) is 36.0 Å². The van der Waals surface area contributed by atoms with E-state index in [9.17, 15) is 0 Å². The SMILES string of the molecule is COc1cccc2ccc(CNC3CCSC3)nc12. The van der Waals surface area contributed by atoms with Crippen LogP contribution in [0.3, 0.4) is 0 Å². The fourth-order valence-electron chi connectivity index (χ4n) is 2.37. The Morgan fingerprint density at radius 2 is 2.32 bits per heavy atom. The second-order valence-electron chi connectivity index (χ2n) is 4.78. The molecular weight excluding hydrogens is 256 g/mol. The summed E-state index contributed by atoms with van der Waals surface area (Å²) in [6.45, 7) is 0.833. The Kier molecular flexibility index (Phi) is 3.89. The molecule has 1 fully saturated rings. The Morgan fingerprint density at radius 1 is 1.37 bits per heavy atom. The highest BCUT2D eigenvalue weighted by Crippen LogP contribution is 2.23. The number of aromatic nitrogens is 1. The zero-order chi connectivity index (χ0) is 13.1. The van der Waals surface area contributed by atoms with E-state index in [4.69, 9.17) is 9.72 Å². The van der Waals surface area contributed by atoms with Gasteiger partial charge in [0.15, 0.2) is 0 Å². The van der Waals surface area contributed by atoms with Crippen LogP contribution in [0.5, 0.6) is 5.75 Å². The lowest BCUT2D eigenvalue weighted by atomic mass is 10.2. The number of para-hydroxylation sites is 1. The van der Waals surface area contributed by atoms with Gasteiger partial charge in [0.1, 0.15) is 11.3 Å². The molecule has 4 heteroatoms. The number of rotatable bonds is 4. The number of ether oxygens (including phenoxy) is 1. The molecule has 19 heavy (non-hydrogen) atoms. The summed E-state index contributed by atoms with van der Waals surface area (Å²) >= 11 is 2.02. The van der Waals surface area contributed by atoms with E-state index in [1.54, 1.807) is 7.11 Å². The van der Waals surface area contributed by atoms with Crippen molar-refractivity contribution in [1.82, 2.24) is 10.3 Å². The third-order valence-corrected chi connectivity index (χ3v) is 4.62. The standard InChI is InChI=1S/C15H18N2OS/c1-18-14-4-2-3-11-5-6-12(17-15(11)14)9-16-13-7-8-19-10-13/h2-6,13,16H,7-10H2,1H3. The van der Waals surface area contributed by atoms with Crippen molar-refractivity contribution in [2.75, 3.05) is 18.6 Å². The average molecular weight is 274 g/mol. The number of hydrogen-bond donors (Lipinski definition) is 1. The largest absolute Gasteiger partial charge is 0.494 e. The van der Waals surface area contributed by atoms with Gasteiger partial charge in [0.05, 0.1) is 12.8 Å². The van der Waals surface area contributed by atoms with Crippen LogP contribution in [0, 0.1) is 0 Å². The molecule has 1 N–H and O–H groups in total. The van der Waals surface area contributed by atoms with Crippen LogP contribution in [0.25, 0.3) is 10.9 Å². The lowest BCUT2D eigenvalue weighted by Gasteiger charge is -2.11. The second kappa shape index (κ2) is 5.80. The third kappa shape index (κ3) is 2.85. The van der Waals surface area contributed by atoms with E-state index >= 15 is 0 Å². The Hall–Kier alpha value is -1.26. The van der Waals surface area contributed by atoms with Crippen LogP contribution in [0.2, 0.25) is 0 Å². The molecule has 1 unspecified atom stereocenters. The number of fused-ring (bicyclic) bond motifs is 1. The number of pyridine rings is 1. The molecule has 3 rings (SSSR count). The molecule has 1 aromatic heterocycles. The van der Waals surface area contributed by atoms with E-state index in [2.05, 4.69) is 23.5 Å². The normalized spacial score (nSPS) is 18.9. The van der Waals surface area contributed by atoms with Crippen LogP contribution < -0.4 is 10.1 Å². The van der Waals surface area contributed by atoms with E-state index < -0.39 is 0 Å². The van der Waals surface area contributed by atoms with Gasteiger partial charge in [-0.25, -0.2) is 4.98 Å². The molecule has 0 amide bonds. The van der Waals surface area contributed by atoms with Crippen LogP contribution in [-0.2, 0) is 6.54 Å². The number of hydrogen-bond acceptors (Lipinski definition) is 4. The number of thioether (sulfide) groups is 1. The lowest BCUT2D eigenvalue weighted by Crippen LogP contribution is -2.28. The molecule has 1 saturated heterocycles. The monoisotopic (exact) mass is 274 g/mol. The topological polar surface area (TPSA) is 34.1 Å². The van der Waals surface area contributed by atoms with Crippen LogP contribution in [0.1, 0.15) is 12.1 Å². The van der Waals surface area contributed by atoms with Crippen LogP contribution >= 0.6 is 11.8 Å². The lowest BCUT2D eigenvalue weighted by molar-refractivity contribution is 0.418. The molecule has 2 heterocycles. The molecule has 100 valence electrons. The minimum absolute atomic E-state index is 0.639. The zero-order valence-corrected chi connectivity index (χ0v) is 11.9. The van der Waals surface area contributed by atoms with Crippen molar-refractivity contribution in [3.8, 4) is 5.75 Å². The maximum Gasteiger partial charge on any atom is 0.145 e. The van der Waals surface area contributed by atoms with E-state index in [1.807, 2.05) is 23.9 Å². The second-order valence-corrected chi connectivity index (χ2v) is 5.93. The first kappa shape index (κ1) is 12.8. The van der Waals surface area contributed by atoms with Crippen LogP contribution in [0.4, 0.5) is 0 Å². The highest BCUT2D eigenvalue weighted by atomic mass is 32.2. The van der Waals surface area contributed by atoms with Crippen molar-refractivity contribution >= 4 is 22.7 Å². The van der Waals surface area contributed by atoms with Gasteiger partial charge in [-0.1, -0.05) is 18.2 Å². The zero-order valence-electron chi connectivity index (χ0n) is 11.1. The molecule has 0 bridgehead atoms. The molecule has 1 aliphatic heterocycles. The molecule has 0 saturated carbocycles. The summed E-state index contributed by atoms with van der Waals surface area (Å²) in [6.07, 6.45) is 1.27. The molecular formula is C15H18N2OS. The van der Waals surface area contributed by atoms with Gasteiger partial charge in [-0.15, -0.1) is 0 Å². The number of methoxy groups -OCH3 is 1. The summed E-state index contributed by atoms with van der Waals surface area (Å²) in [6, 6.07) is 10.9. The molecule has 3 nitrogen and oxygen atoms in total. The van der Waals surface area contributed by atoms with Gasteiger partial charge in [0.25, 0.3) is 0 Å². The van der Waals surface area contributed by atoms with E-state index in [1.165, 1.54) is 17.9 Å². The van der Waals surface area contributed by atoms with Gasteiger partial charge in [-0.05, 0) is 24.3 Å². The highest BCUT2D eigenvalue weighted by molar-refractivity contribution is 7.99. The molecule has 0 aliphatic carbocycles. The van der Waals surface area contributed by atoms with Crippen molar-refractivity contribution in [2.24, 2.45) is 0 Å². The van der Waals surface area contributed by atoms with E-state index in [0.29, 0.717) is 6.04 Å². The number of nitrogens with zero attached hydrogens (tertiary/aromatic N) is 1. The Bertz CT molecular complexity index is 567. The number of benzene rings is 1. The fourth-order valence-corrected chi connectivity index (χ4v) is 3.55. The first-order chi connectivity index (χ1) is 9.36. The van der Waals surface area contributed by atoms with Gasteiger partial charge in [0, 0.05) is 23.7 Å². The summed E-state index contributed by atoms with van der Waals surface area (Å²) in [5.41, 5.74) is 2.03. The maximum absolute atomic E-state index is 5.37. The summed E-state index contributed by atoms with van der Waals surface area (Å²) in [7, 11) is 1.69. The summed E-state index contributed by atoms with van der Waals surface area (Å²) < 4.78 is 5.37. The fraction of sp³-hybridized carbons (Fsp3) is 0.400. The average Bonchev–Trinajstić information content (AvgIpc) is 2.97. The minimum atomic E-state index is 0.639. The Labute approximate surface area is 117 Å². The van der Waals surface area contributed by atoms with Crippen LogP contribution in [-0.4, -0.2) is 29.6 Å². The van der Waals surface area contributed by atoms with Gasteiger partial charge >= 0.3 is 0 Å². The predicted molar refractivity (Wildman–Crippen MR) is 80.9 cm³/mol. The highest BCUT2D eigenvalue weighted by Gasteiger charge is 2.14. The van der Waals surface area contributed by atoms with Gasteiger partial charge in [-0.2, -0.15) is 11.8 Å². The molecule has 1 aromatic carbocycles. The number of nitrogens with one attached hydrogen (secondary N) is 1.